The number of hydrogen-bond donors (Lipinski definition) is 2. The van der Waals surface area contributed by atoms with E-state index < -0.39 is 0 Å². The topological polar surface area (TPSA) is 50.4 Å². The summed E-state index contributed by atoms with van der Waals surface area (Å²) in [5, 5.41) is 6.20. The molecule has 0 bridgehead atoms. The molecule has 0 saturated heterocycles. The van der Waals surface area contributed by atoms with Crippen molar-refractivity contribution in [2.75, 3.05) is 13.7 Å². The van der Waals surface area contributed by atoms with Crippen LogP contribution >= 0.6 is 0 Å². The van der Waals surface area contributed by atoms with Crippen LogP contribution in [0.25, 0.3) is 0 Å². The van der Waals surface area contributed by atoms with Crippen molar-refractivity contribution in [2.45, 2.75) is 38.0 Å². The van der Waals surface area contributed by atoms with E-state index in [1.165, 1.54) is 6.42 Å². The number of hydrogen-bond acceptors (Lipinski definition) is 3. The van der Waals surface area contributed by atoms with Gasteiger partial charge in [0.25, 0.3) is 0 Å². The van der Waals surface area contributed by atoms with Gasteiger partial charge in [-0.25, -0.2) is 0 Å². The molecule has 1 saturated carbocycles. The Morgan fingerprint density at radius 1 is 1.32 bits per heavy atom. The summed E-state index contributed by atoms with van der Waals surface area (Å²) < 4.78 is 5.39. The maximum atomic E-state index is 11.8. The first-order valence-corrected chi connectivity index (χ1v) is 6.86. The lowest BCUT2D eigenvalue weighted by atomic mass is 10.2. The van der Waals surface area contributed by atoms with E-state index in [9.17, 15) is 4.79 Å². The summed E-state index contributed by atoms with van der Waals surface area (Å²) in [6, 6.07) is 10.2. The lowest BCUT2D eigenvalue weighted by Gasteiger charge is -2.19. The largest absolute Gasteiger partial charge is 0.380 e. The third-order valence-electron chi connectivity index (χ3n) is 3.61. The Morgan fingerprint density at radius 3 is 2.84 bits per heavy atom. The van der Waals surface area contributed by atoms with Gasteiger partial charge in [-0.15, -0.1) is 0 Å². The van der Waals surface area contributed by atoms with Crippen LogP contribution in [-0.4, -0.2) is 31.7 Å². The standard InChI is InChI=1S/C15H22N2O2/c1-19-14-9-5-8-13(14)16-11-15(18)17-10-12-6-3-2-4-7-12/h2-4,6-7,13-14,16H,5,8-11H2,1H3,(H,17,18). The van der Waals surface area contributed by atoms with E-state index in [2.05, 4.69) is 10.6 Å². The molecule has 1 aliphatic rings. The van der Waals surface area contributed by atoms with Gasteiger partial charge < -0.3 is 15.4 Å². The molecule has 1 aliphatic carbocycles. The molecule has 2 atom stereocenters. The number of carbonyl (C=O) groups is 1. The number of ether oxygens (including phenoxy) is 1. The molecule has 2 rings (SSSR count). The molecule has 1 fully saturated rings. The summed E-state index contributed by atoms with van der Waals surface area (Å²) in [4.78, 5) is 11.8. The van der Waals surface area contributed by atoms with E-state index in [0.717, 1.165) is 18.4 Å². The predicted molar refractivity (Wildman–Crippen MR) is 74.7 cm³/mol. The van der Waals surface area contributed by atoms with Gasteiger partial charge >= 0.3 is 0 Å². The SMILES string of the molecule is COC1CCCC1NCC(=O)NCc1ccccc1. The Morgan fingerprint density at radius 2 is 2.11 bits per heavy atom. The van der Waals surface area contributed by atoms with Crippen LogP contribution in [0.2, 0.25) is 0 Å². The quantitative estimate of drug-likeness (QED) is 0.816. The van der Waals surface area contributed by atoms with Crippen LogP contribution in [0, 0.1) is 0 Å². The molecular formula is C15H22N2O2. The zero-order chi connectivity index (χ0) is 13.5. The molecule has 2 unspecified atom stereocenters. The van der Waals surface area contributed by atoms with Gasteiger partial charge in [-0.05, 0) is 24.8 Å². The first-order valence-electron chi connectivity index (χ1n) is 6.86. The molecule has 1 amide bonds. The van der Waals surface area contributed by atoms with E-state index >= 15 is 0 Å². The van der Waals surface area contributed by atoms with Gasteiger partial charge in [0.05, 0.1) is 12.6 Å². The smallest absolute Gasteiger partial charge is 0.234 e. The average molecular weight is 262 g/mol. The van der Waals surface area contributed by atoms with Gasteiger partial charge in [-0.2, -0.15) is 0 Å². The second-order valence-corrected chi connectivity index (χ2v) is 4.95. The molecule has 19 heavy (non-hydrogen) atoms. The van der Waals surface area contributed by atoms with Crippen molar-refractivity contribution in [1.29, 1.82) is 0 Å². The van der Waals surface area contributed by atoms with Crippen molar-refractivity contribution in [2.24, 2.45) is 0 Å². The molecule has 0 spiro atoms. The zero-order valence-corrected chi connectivity index (χ0v) is 11.4. The van der Waals surface area contributed by atoms with Crippen molar-refractivity contribution in [3.8, 4) is 0 Å². The second-order valence-electron chi connectivity index (χ2n) is 4.95. The van der Waals surface area contributed by atoms with Gasteiger partial charge in [0.15, 0.2) is 0 Å². The zero-order valence-electron chi connectivity index (χ0n) is 11.4. The summed E-state index contributed by atoms with van der Waals surface area (Å²) in [5.41, 5.74) is 1.12. The summed E-state index contributed by atoms with van der Waals surface area (Å²) in [6.45, 7) is 0.942. The fourth-order valence-corrected chi connectivity index (χ4v) is 2.52. The highest BCUT2D eigenvalue weighted by Gasteiger charge is 2.26. The minimum atomic E-state index is 0.0330. The minimum absolute atomic E-state index is 0.0330. The Labute approximate surface area is 114 Å². The van der Waals surface area contributed by atoms with E-state index in [-0.39, 0.29) is 12.0 Å². The average Bonchev–Trinajstić information content (AvgIpc) is 2.91. The minimum Gasteiger partial charge on any atom is -0.380 e. The Kier molecular flexibility index (Phi) is 5.36. The molecule has 0 radical (unpaired) electrons. The molecule has 104 valence electrons. The van der Waals surface area contributed by atoms with Crippen molar-refractivity contribution in [3.05, 3.63) is 35.9 Å². The predicted octanol–water partition coefficient (Wildman–Crippen LogP) is 1.46. The van der Waals surface area contributed by atoms with Crippen molar-refractivity contribution < 1.29 is 9.53 Å². The summed E-state index contributed by atoms with van der Waals surface area (Å²) in [7, 11) is 1.74. The molecule has 0 heterocycles. The number of methoxy groups -OCH3 is 1. The third-order valence-corrected chi connectivity index (χ3v) is 3.61. The Bertz CT molecular complexity index is 394. The van der Waals surface area contributed by atoms with Crippen molar-refractivity contribution in [3.63, 3.8) is 0 Å². The lowest BCUT2D eigenvalue weighted by Crippen LogP contribution is -2.42. The van der Waals surface area contributed by atoms with E-state index in [1.54, 1.807) is 7.11 Å². The van der Waals surface area contributed by atoms with Gasteiger partial charge in [0, 0.05) is 19.7 Å². The second kappa shape index (κ2) is 7.26. The Hall–Kier alpha value is -1.39. The summed E-state index contributed by atoms with van der Waals surface area (Å²) >= 11 is 0. The highest BCUT2D eigenvalue weighted by atomic mass is 16.5. The van der Waals surface area contributed by atoms with Crippen molar-refractivity contribution in [1.82, 2.24) is 10.6 Å². The van der Waals surface area contributed by atoms with Gasteiger partial charge in [-0.3, -0.25) is 4.79 Å². The fourth-order valence-electron chi connectivity index (χ4n) is 2.52. The van der Waals surface area contributed by atoms with Crippen LogP contribution in [0.3, 0.4) is 0 Å². The molecule has 4 nitrogen and oxygen atoms in total. The number of benzene rings is 1. The van der Waals surface area contributed by atoms with Crippen LogP contribution in [-0.2, 0) is 16.1 Å². The summed E-state index contributed by atoms with van der Waals surface area (Å²) in [5.74, 6) is 0.0330. The third kappa shape index (κ3) is 4.33. The summed E-state index contributed by atoms with van der Waals surface area (Å²) in [6.07, 6.45) is 3.59. The van der Waals surface area contributed by atoms with Crippen LogP contribution in [0.4, 0.5) is 0 Å². The number of rotatable bonds is 6. The highest BCUT2D eigenvalue weighted by molar-refractivity contribution is 5.78. The van der Waals surface area contributed by atoms with Crippen LogP contribution < -0.4 is 10.6 Å². The molecule has 0 aliphatic heterocycles. The molecule has 1 aromatic carbocycles. The molecular weight excluding hydrogens is 240 g/mol. The van der Waals surface area contributed by atoms with Crippen LogP contribution in [0.5, 0.6) is 0 Å². The molecule has 0 aromatic heterocycles. The molecule has 2 N–H and O–H groups in total. The molecule has 1 aromatic rings. The first kappa shape index (κ1) is 14.0. The monoisotopic (exact) mass is 262 g/mol. The number of amides is 1. The van der Waals surface area contributed by atoms with Crippen LogP contribution in [0.15, 0.2) is 30.3 Å². The number of nitrogens with one attached hydrogen (secondary N) is 2. The van der Waals surface area contributed by atoms with Gasteiger partial charge in [0.1, 0.15) is 0 Å². The highest BCUT2D eigenvalue weighted by Crippen LogP contribution is 2.21. The molecule has 4 heteroatoms. The number of carbonyl (C=O) groups excluding carboxylic acids is 1. The van der Waals surface area contributed by atoms with E-state index in [0.29, 0.717) is 19.1 Å². The van der Waals surface area contributed by atoms with Crippen molar-refractivity contribution >= 4 is 5.91 Å². The maximum absolute atomic E-state index is 11.8. The van der Waals surface area contributed by atoms with Gasteiger partial charge in [0.2, 0.25) is 5.91 Å². The first-order chi connectivity index (χ1) is 9.29. The van der Waals surface area contributed by atoms with Gasteiger partial charge in [-0.1, -0.05) is 30.3 Å². The fraction of sp³-hybridized carbons (Fsp3) is 0.533. The van der Waals surface area contributed by atoms with Crippen LogP contribution in [0.1, 0.15) is 24.8 Å². The van der Waals surface area contributed by atoms with E-state index in [4.69, 9.17) is 4.74 Å². The lowest BCUT2D eigenvalue weighted by molar-refractivity contribution is -0.120. The Balaban J connectivity index is 1.67. The maximum Gasteiger partial charge on any atom is 0.234 e. The normalized spacial score (nSPS) is 22.4. The van der Waals surface area contributed by atoms with E-state index in [1.807, 2.05) is 30.3 Å².